The van der Waals surface area contributed by atoms with Crippen LogP contribution in [0.15, 0.2) is 54.6 Å². The maximum absolute atomic E-state index is 13.3. The number of rotatable bonds is 6. The minimum atomic E-state index is -0.300. The molecule has 3 aliphatic heterocycles. The van der Waals surface area contributed by atoms with Crippen LogP contribution in [0.5, 0.6) is 5.75 Å². The Morgan fingerprint density at radius 1 is 0.905 bits per heavy atom. The number of fused-ring (bicyclic) bond motifs is 4. The molecule has 1 aromatic heterocycles. The van der Waals surface area contributed by atoms with Crippen molar-refractivity contribution >= 4 is 48.9 Å². The van der Waals surface area contributed by atoms with Gasteiger partial charge >= 0.3 is 0 Å². The lowest BCUT2D eigenvalue weighted by molar-refractivity contribution is -0.117. The second-order valence-electron chi connectivity index (χ2n) is 11.3. The molecule has 3 aromatic carbocycles. The van der Waals surface area contributed by atoms with Crippen molar-refractivity contribution in [3.05, 3.63) is 60.2 Å². The highest BCUT2D eigenvalue weighted by Gasteiger charge is 2.33. The maximum Gasteiger partial charge on any atom is 0.238 e. The van der Waals surface area contributed by atoms with Gasteiger partial charge in [0.05, 0.1) is 37.4 Å². The molecule has 9 heteroatoms. The molecule has 2 saturated heterocycles. The van der Waals surface area contributed by atoms with Crippen LogP contribution in [0.3, 0.4) is 0 Å². The van der Waals surface area contributed by atoms with Crippen LogP contribution in [0, 0.1) is 0 Å². The largest absolute Gasteiger partial charge is 0.473 e. The van der Waals surface area contributed by atoms with Crippen molar-refractivity contribution in [1.82, 2.24) is 14.7 Å². The SMILES string of the molecule is CCN1CCN(CC(=O)Nc2ccc(-c3cccc4c3OC(N3CCOCC3)CC4=O)c3sc4ccccc4c23)CC1. The van der Waals surface area contributed by atoms with E-state index >= 15 is 0 Å². The average molecular weight is 585 g/mol. The first-order valence-electron chi connectivity index (χ1n) is 14.9. The number of hydrogen-bond donors (Lipinski definition) is 1. The molecule has 1 N–H and O–H groups in total. The number of amides is 1. The van der Waals surface area contributed by atoms with E-state index in [1.165, 1.54) is 0 Å². The number of nitrogens with zero attached hydrogens (tertiary/aromatic N) is 3. The van der Waals surface area contributed by atoms with Gasteiger partial charge in [-0.3, -0.25) is 19.4 Å². The number of hydrogen-bond acceptors (Lipinski definition) is 8. The number of morpholine rings is 1. The number of nitrogens with one attached hydrogen (secondary N) is 1. The molecule has 1 atom stereocenters. The average Bonchev–Trinajstić information content (AvgIpc) is 3.42. The predicted molar refractivity (Wildman–Crippen MR) is 168 cm³/mol. The van der Waals surface area contributed by atoms with E-state index in [4.69, 9.17) is 9.47 Å². The smallest absolute Gasteiger partial charge is 0.238 e. The first-order valence-corrected chi connectivity index (χ1v) is 15.7. The molecule has 4 aromatic rings. The predicted octanol–water partition coefficient (Wildman–Crippen LogP) is 4.92. The highest BCUT2D eigenvalue weighted by atomic mass is 32.1. The molecule has 3 aliphatic rings. The number of anilines is 1. The fourth-order valence-corrected chi connectivity index (χ4v) is 7.67. The third-order valence-corrected chi connectivity index (χ3v) is 9.96. The lowest BCUT2D eigenvalue weighted by Gasteiger charge is -2.37. The normalized spacial score (nSPS) is 20.5. The van der Waals surface area contributed by atoms with Crippen LogP contribution in [0.25, 0.3) is 31.3 Å². The Bertz CT molecular complexity index is 1640. The van der Waals surface area contributed by atoms with Crippen molar-refractivity contribution in [3.63, 3.8) is 0 Å². The standard InChI is InChI=1S/C33H36N4O4S/c1-2-35-12-14-36(15-13-35)21-29(39)34-26-11-10-23(33-31(26)25-6-3-4-9-28(25)42-33)22-7-5-8-24-27(38)20-30(41-32(22)24)37-16-18-40-19-17-37/h3-11,30H,2,12-21H2,1H3,(H,34,39). The first-order chi connectivity index (χ1) is 20.6. The van der Waals surface area contributed by atoms with E-state index in [1.54, 1.807) is 11.3 Å². The number of benzene rings is 3. The summed E-state index contributed by atoms with van der Waals surface area (Å²) in [4.78, 5) is 33.4. The number of piperazine rings is 1. The van der Waals surface area contributed by atoms with Gasteiger partial charge in [-0.1, -0.05) is 43.3 Å². The van der Waals surface area contributed by atoms with Gasteiger partial charge in [0.15, 0.2) is 12.0 Å². The molecule has 0 saturated carbocycles. The number of thiophene rings is 1. The fraction of sp³-hybridized carbons (Fsp3) is 0.394. The van der Waals surface area contributed by atoms with E-state index in [0.29, 0.717) is 37.5 Å². The third-order valence-electron chi connectivity index (χ3n) is 8.75. The zero-order chi connectivity index (χ0) is 28.6. The molecule has 2 fully saturated rings. The minimum absolute atomic E-state index is 0.00338. The van der Waals surface area contributed by atoms with Crippen LogP contribution in [0.4, 0.5) is 5.69 Å². The second kappa shape index (κ2) is 11.7. The van der Waals surface area contributed by atoms with E-state index in [-0.39, 0.29) is 17.9 Å². The molecule has 218 valence electrons. The Balaban J connectivity index is 1.25. The molecule has 7 rings (SSSR count). The number of carbonyl (C=O) groups excluding carboxylic acids is 2. The summed E-state index contributed by atoms with van der Waals surface area (Å²) in [5, 5.41) is 5.38. The lowest BCUT2D eigenvalue weighted by atomic mass is 9.94. The quantitative estimate of drug-likeness (QED) is 0.345. The van der Waals surface area contributed by atoms with E-state index < -0.39 is 0 Å². The van der Waals surface area contributed by atoms with Gasteiger partial charge in [0.25, 0.3) is 0 Å². The summed E-state index contributed by atoms with van der Waals surface area (Å²) in [6.45, 7) is 10.2. The molecular formula is C33H36N4O4S. The highest BCUT2D eigenvalue weighted by molar-refractivity contribution is 7.26. The Morgan fingerprint density at radius 2 is 1.67 bits per heavy atom. The van der Waals surface area contributed by atoms with E-state index in [9.17, 15) is 9.59 Å². The molecule has 1 amide bonds. The second-order valence-corrected chi connectivity index (χ2v) is 12.3. The van der Waals surface area contributed by atoms with Gasteiger partial charge < -0.3 is 19.7 Å². The number of ether oxygens (including phenoxy) is 2. The van der Waals surface area contributed by atoms with E-state index in [2.05, 4.69) is 45.1 Å². The van der Waals surface area contributed by atoms with Crippen LogP contribution < -0.4 is 10.1 Å². The van der Waals surface area contributed by atoms with Gasteiger partial charge in [0.2, 0.25) is 5.91 Å². The summed E-state index contributed by atoms with van der Waals surface area (Å²) in [5.41, 5.74) is 3.36. The Labute approximate surface area is 249 Å². The Hall–Kier alpha value is -3.34. The van der Waals surface area contributed by atoms with Gasteiger partial charge in [-0.2, -0.15) is 0 Å². The Kier molecular flexibility index (Phi) is 7.68. The zero-order valence-electron chi connectivity index (χ0n) is 23.9. The summed E-state index contributed by atoms with van der Waals surface area (Å²) in [5.74, 6) is 0.751. The maximum atomic E-state index is 13.3. The minimum Gasteiger partial charge on any atom is -0.473 e. The summed E-state index contributed by atoms with van der Waals surface area (Å²) < 4.78 is 14.4. The zero-order valence-corrected chi connectivity index (χ0v) is 24.8. The van der Waals surface area contributed by atoms with Crippen LogP contribution in [0.2, 0.25) is 0 Å². The topological polar surface area (TPSA) is 74.3 Å². The Morgan fingerprint density at radius 3 is 2.48 bits per heavy atom. The van der Waals surface area contributed by atoms with Crippen molar-refractivity contribution in [1.29, 1.82) is 0 Å². The van der Waals surface area contributed by atoms with Crippen molar-refractivity contribution in [2.45, 2.75) is 19.6 Å². The highest BCUT2D eigenvalue weighted by Crippen LogP contribution is 2.47. The van der Waals surface area contributed by atoms with Crippen molar-refractivity contribution in [3.8, 4) is 16.9 Å². The number of carbonyl (C=O) groups is 2. The van der Waals surface area contributed by atoms with Crippen LogP contribution in [0.1, 0.15) is 23.7 Å². The van der Waals surface area contributed by atoms with Crippen LogP contribution in [-0.2, 0) is 9.53 Å². The van der Waals surface area contributed by atoms with E-state index in [1.807, 2.05) is 36.4 Å². The molecule has 0 spiro atoms. The first kappa shape index (κ1) is 27.5. The van der Waals surface area contributed by atoms with Crippen molar-refractivity contribution in [2.24, 2.45) is 0 Å². The summed E-state index contributed by atoms with van der Waals surface area (Å²) in [7, 11) is 0. The van der Waals surface area contributed by atoms with Crippen molar-refractivity contribution in [2.75, 3.05) is 70.9 Å². The number of likely N-dealkylation sites (N-methyl/N-ethyl adjacent to an activating group) is 1. The molecular weight excluding hydrogens is 548 g/mol. The molecule has 1 unspecified atom stereocenters. The van der Waals surface area contributed by atoms with Crippen molar-refractivity contribution < 1.29 is 19.1 Å². The number of para-hydroxylation sites is 1. The summed E-state index contributed by atoms with van der Waals surface area (Å²) in [6.07, 6.45) is 0.0402. The van der Waals surface area contributed by atoms with Gasteiger partial charge in [-0.25, -0.2) is 0 Å². The summed E-state index contributed by atoms with van der Waals surface area (Å²) >= 11 is 1.71. The monoisotopic (exact) mass is 584 g/mol. The molecule has 0 radical (unpaired) electrons. The number of ketones is 1. The van der Waals surface area contributed by atoms with Gasteiger partial charge in [-0.05, 0) is 24.7 Å². The van der Waals surface area contributed by atoms with Gasteiger partial charge in [-0.15, -0.1) is 11.3 Å². The molecule has 0 aliphatic carbocycles. The van der Waals surface area contributed by atoms with Crippen LogP contribution in [-0.4, -0.2) is 98.2 Å². The van der Waals surface area contributed by atoms with E-state index in [0.717, 1.165) is 82.8 Å². The fourth-order valence-electron chi connectivity index (χ4n) is 6.41. The van der Waals surface area contributed by atoms with Crippen LogP contribution >= 0.6 is 11.3 Å². The lowest BCUT2D eigenvalue weighted by Crippen LogP contribution is -2.48. The van der Waals surface area contributed by atoms with Gasteiger partial charge in [0.1, 0.15) is 5.75 Å². The molecule has 8 nitrogen and oxygen atoms in total. The summed E-state index contributed by atoms with van der Waals surface area (Å²) in [6, 6.07) is 18.3. The van der Waals surface area contributed by atoms with Gasteiger partial charge in [0, 0.05) is 70.6 Å². The molecule has 42 heavy (non-hydrogen) atoms. The third kappa shape index (κ3) is 5.20. The molecule has 4 heterocycles. The molecule has 0 bridgehead atoms. The number of Topliss-reactive ketones (excluding diaryl/α,β-unsaturated/α-hetero) is 1.